The Morgan fingerprint density at radius 3 is 2.66 bits per heavy atom. The van der Waals surface area contributed by atoms with Gasteiger partial charge in [0.2, 0.25) is 0 Å². The number of aromatic nitrogens is 4. The number of ether oxygens (including phenoxy) is 2. The lowest BCUT2D eigenvalue weighted by Gasteiger charge is -2.25. The van der Waals surface area contributed by atoms with Crippen LogP contribution in [0.1, 0.15) is 52.1 Å². The standard InChI is InChI=1S/C21H28N4O3S/c1-6-14(7-2)18(25-13-22-12-23-25)15-8-9-16-17(10-15)29-20(24-16)28-11-21(3,4)19(26)27-5/h8-10,12-14,18H,6-7,11H2,1-5H3. The quantitative estimate of drug-likeness (QED) is 0.478. The fourth-order valence-corrected chi connectivity index (χ4v) is 4.34. The van der Waals surface area contributed by atoms with Crippen LogP contribution in [-0.2, 0) is 9.53 Å². The van der Waals surface area contributed by atoms with E-state index in [0.717, 1.165) is 23.1 Å². The van der Waals surface area contributed by atoms with Crippen molar-refractivity contribution in [2.45, 2.75) is 46.6 Å². The summed E-state index contributed by atoms with van der Waals surface area (Å²) in [7, 11) is 1.38. The van der Waals surface area contributed by atoms with Crippen LogP contribution in [0.3, 0.4) is 0 Å². The molecule has 0 spiro atoms. The first kappa shape index (κ1) is 21.2. The number of esters is 1. The van der Waals surface area contributed by atoms with Gasteiger partial charge in [0, 0.05) is 0 Å². The molecular formula is C21H28N4O3S. The molecule has 29 heavy (non-hydrogen) atoms. The summed E-state index contributed by atoms with van der Waals surface area (Å²) in [4.78, 5) is 20.5. The summed E-state index contributed by atoms with van der Waals surface area (Å²) >= 11 is 1.48. The van der Waals surface area contributed by atoms with Gasteiger partial charge in [-0.1, -0.05) is 44.1 Å². The maximum absolute atomic E-state index is 11.8. The highest BCUT2D eigenvalue weighted by molar-refractivity contribution is 7.20. The van der Waals surface area contributed by atoms with Gasteiger partial charge in [-0.2, -0.15) is 5.10 Å². The van der Waals surface area contributed by atoms with Crippen molar-refractivity contribution in [3.8, 4) is 5.19 Å². The summed E-state index contributed by atoms with van der Waals surface area (Å²) in [6.45, 7) is 8.21. The molecule has 0 bridgehead atoms. The Balaban J connectivity index is 1.87. The molecule has 0 radical (unpaired) electrons. The van der Waals surface area contributed by atoms with Crippen LogP contribution in [0.15, 0.2) is 30.9 Å². The van der Waals surface area contributed by atoms with Crippen LogP contribution in [0.25, 0.3) is 10.2 Å². The normalized spacial score (nSPS) is 13.0. The summed E-state index contributed by atoms with van der Waals surface area (Å²) in [5, 5.41) is 4.95. The van der Waals surface area contributed by atoms with E-state index < -0.39 is 5.41 Å². The molecule has 0 aliphatic heterocycles. The third-order valence-corrected chi connectivity index (χ3v) is 6.18. The van der Waals surface area contributed by atoms with Crippen molar-refractivity contribution in [1.82, 2.24) is 19.7 Å². The summed E-state index contributed by atoms with van der Waals surface area (Å²) in [5.74, 6) is 0.153. The summed E-state index contributed by atoms with van der Waals surface area (Å²) in [6, 6.07) is 6.41. The first-order chi connectivity index (χ1) is 13.9. The van der Waals surface area contributed by atoms with Gasteiger partial charge in [0.25, 0.3) is 5.19 Å². The Kier molecular flexibility index (Phi) is 6.52. The van der Waals surface area contributed by atoms with Crippen LogP contribution < -0.4 is 4.74 Å². The molecular weight excluding hydrogens is 388 g/mol. The fraction of sp³-hybridized carbons (Fsp3) is 0.524. The van der Waals surface area contributed by atoms with Crippen molar-refractivity contribution in [2.24, 2.45) is 11.3 Å². The van der Waals surface area contributed by atoms with Crippen molar-refractivity contribution < 1.29 is 14.3 Å². The van der Waals surface area contributed by atoms with E-state index in [1.165, 1.54) is 24.0 Å². The summed E-state index contributed by atoms with van der Waals surface area (Å²) in [6.07, 6.45) is 5.47. The second-order valence-electron chi connectivity index (χ2n) is 7.77. The number of carbonyl (C=O) groups is 1. The predicted molar refractivity (Wildman–Crippen MR) is 113 cm³/mol. The van der Waals surface area contributed by atoms with Gasteiger partial charge in [-0.05, 0) is 37.5 Å². The zero-order valence-electron chi connectivity index (χ0n) is 17.6. The van der Waals surface area contributed by atoms with E-state index in [1.807, 2.05) is 10.7 Å². The Morgan fingerprint density at radius 1 is 1.28 bits per heavy atom. The number of fused-ring (bicyclic) bond motifs is 1. The van der Waals surface area contributed by atoms with Crippen LogP contribution in [-0.4, -0.2) is 39.4 Å². The topological polar surface area (TPSA) is 79.1 Å². The van der Waals surface area contributed by atoms with Crippen molar-refractivity contribution in [1.29, 1.82) is 0 Å². The first-order valence-corrected chi connectivity index (χ1v) is 10.7. The second kappa shape index (κ2) is 8.90. The van der Waals surface area contributed by atoms with Gasteiger partial charge in [0.05, 0.1) is 28.8 Å². The number of thiazole rings is 1. The number of hydrogen-bond acceptors (Lipinski definition) is 7. The Morgan fingerprint density at radius 2 is 2.03 bits per heavy atom. The molecule has 3 aromatic rings. The Labute approximate surface area is 175 Å². The van der Waals surface area contributed by atoms with Crippen molar-refractivity contribution in [3.05, 3.63) is 36.4 Å². The lowest BCUT2D eigenvalue weighted by Crippen LogP contribution is -2.32. The molecule has 0 saturated carbocycles. The molecule has 0 aliphatic carbocycles. The van der Waals surface area contributed by atoms with E-state index in [1.54, 1.807) is 26.5 Å². The number of hydrogen-bond donors (Lipinski definition) is 0. The zero-order valence-corrected chi connectivity index (χ0v) is 18.4. The highest BCUT2D eigenvalue weighted by atomic mass is 32.1. The molecule has 0 saturated heterocycles. The molecule has 1 atom stereocenters. The molecule has 1 aromatic carbocycles. The number of nitrogens with zero attached hydrogens (tertiary/aromatic N) is 4. The molecule has 0 N–H and O–H groups in total. The van der Waals surface area contributed by atoms with Crippen LogP contribution in [0.2, 0.25) is 0 Å². The molecule has 2 aromatic heterocycles. The number of benzene rings is 1. The minimum absolute atomic E-state index is 0.127. The predicted octanol–water partition coefficient (Wildman–Crippen LogP) is 4.49. The first-order valence-electron chi connectivity index (χ1n) is 9.85. The van der Waals surface area contributed by atoms with Crippen LogP contribution in [0, 0.1) is 11.3 Å². The van der Waals surface area contributed by atoms with E-state index >= 15 is 0 Å². The van der Waals surface area contributed by atoms with Crippen LogP contribution in [0.4, 0.5) is 0 Å². The molecule has 0 fully saturated rings. The molecule has 0 amide bonds. The highest BCUT2D eigenvalue weighted by Crippen LogP contribution is 2.35. The van der Waals surface area contributed by atoms with Gasteiger partial charge >= 0.3 is 5.97 Å². The Bertz CT molecular complexity index is 948. The number of methoxy groups -OCH3 is 1. The van der Waals surface area contributed by atoms with E-state index in [9.17, 15) is 4.79 Å². The zero-order chi connectivity index (χ0) is 21.0. The van der Waals surface area contributed by atoms with Gasteiger partial charge in [-0.15, -0.1) is 0 Å². The van der Waals surface area contributed by atoms with E-state index in [-0.39, 0.29) is 18.6 Å². The Hall–Kier alpha value is -2.48. The maximum Gasteiger partial charge on any atom is 0.314 e. The number of carbonyl (C=O) groups excluding carboxylic acids is 1. The minimum Gasteiger partial charge on any atom is -0.469 e. The molecule has 1 unspecified atom stereocenters. The third kappa shape index (κ3) is 4.58. The number of rotatable bonds is 9. The molecule has 3 rings (SSSR count). The van der Waals surface area contributed by atoms with Gasteiger partial charge in [-0.3, -0.25) is 4.79 Å². The monoisotopic (exact) mass is 416 g/mol. The van der Waals surface area contributed by atoms with E-state index in [4.69, 9.17) is 9.47 Å². The second-order valence-corrected chi connectivity index (χ2v) is 8.76. The fourth-order valence-electron chi connectivity index (χ4n) is 3.48. The summed E-state index contributed by atoms with van der Waals surface area (Å²) in [5.41, 5.74) is 1.33. The molecule has 7 nitrogen and oxygen atoms in total. The van der Waals surface area contributed by atoms with Crippen LogP contribution >= 0.6 is 11.3 Å². The van der Waals surface area contributed by atoms with Gasteiger partial charge in [-0.25, -0.2) is 14.6 Å². The third-order valence-electron chi connectivity index (χ3n) is 5.25. The lowest BCUT2D eigenvalue weighted by atomic mass is 9.89. The van der Waals surface area contributed by atoms with Crippen molar-refractivity contribution in [2.75, 3.05) is 13.7 Å². The van der Waals surface area contributed by atoms with Gasteiger partial charge < -0.3 is 9.47 Å². The maximum atomic E-state index is 11.8. The van der Waals surface area contributed by atoms with Crippen LogP contribution in [0.5, 0.6) is 5.19 Å². The van der Waals surface area contributed by atoms with Gasteiger partial charge in [0.15, 0.2) is 0 Å². The average molecular weight is 417 g/mol. The SMILES string of the molecule is CCC(CC)C(c1ccc2nc(OCC(C)(C)C(=O)OC)sc2c1)n1cncn1. The van der Waals surface area contributed by atoms with E-state index in [0.29, 0.717) is 11.1 Å². The van der Waals surface area contributed by atoms with Gasteiger partial charge in [0.1, 0.15) is 19.3 Å². The van der Waals surface area contributed by atoms with Crippen molar-refractivity contribution >= 4 is 27.5 Å². The molecule has 2 heterocycles. The van der Waals surface area contributed by atoms with Crippen molar-refractivity contribution in [3.63, 3.8) is 0 Å². The van der Waals surface area contributed by atoms with E-state index in [2.05, 4.69) is 41.0 Å². The average Bonchev–Trinajstić information content (AvgIpc) is 3.38. The summed E-state index contributed by atoms with van der Waals surface area (Å²) < 4.78 is 13.6. The molecule has 8 heteroatoms. The highest BCUT2D eigenvalue weighted by Gasteiger charge is 2.30. The lowest BCUT2D eigenvalue weighted by molar-refractivity contribution is -0.152. The largest absolute Gasteiger partial charge is 0.469 e. The molecule has 0 aliphatic rings. The minimum atomic E-state index is -0.731. The molecule has 156 valence electrons. The smallest absolute Gasteiger partial charge is 0.314 e.